The molecule has 0 aliphatic carbocycles. The zero-order valence-electron chi connectivity index (χ0n) is 20.2. The summed E-state index contributed by atoms with van der Waals surface area (Å²) in [5.74, 6) is -2.21. The number of anilines is 1. The van der Waals surface area contributed by atoms with Crippen LogP contribution in [0.1, 0.15) is 22.7 Å². The van der Waals surface area contributed by atoms with Gasteiger partial charge in [0.15, 0.2) is 15.8 Å². The molecule has 0 radical (unpaired) electrons. The predicted octanol–water partition coefficient (Wildman–Crippen LogP) is 6.07. The minimum Gasteiger partial charge on any atom is -0.507 e. The Bertz CT molecular complexity index is 1610. The molecule has 1 unspecified atom stereocenters. The fourth-order valence-electron chi connectivity index (χ4n) is 4.09. The van der Waals surface area contributed by atoms with E-state index in [1.54, 1.807) is 42.5 Å². The fraction of sp³-hybridized carbons (Fsp3) is 0.111. The Balaban J connectivity index is 1.57. The molecule has 0 spiro atoms. The number of phenolic OH excluding ortho intramolecular Hbond substituents is 1. The fourth-order valence-corrected chi connectivity index (χ4v) is 6.20. The third-order valence-electron chi connectivity index (χ3n) is 5.99. The second-order valence-electron chi connectivity index (χ2n) is 8.34. The minimum absolute atomic E-state index is 0.125. The first-order valence-electron chi connectivity index (χ1n) is 11.4. The number of amides is 1. The monoisotopic (exact) mass is 627 g/mol. The highest BCUT2D eigenvalue weighted by molar-refractivity contribution is 9.10. The first-order valence-corrected chi connectivity index (χ1v) is 14.0. The van der Waals surface area contributed by atoms with E-state index >= 15 is 0 Å². The van der Waals surface area contributed by atoms with Crippen LogP contribution in [0.2, 0.25) is 0 Å². The van der Waals surface area contributed by atoms with Crippen LogP contribution < -0.4 is 9.64 Å². The number of nitrogens with zero attached hydrogens (tertiary/aromatic N) is 3. The Kier molecular flexibility index (Phi) is 7.69. The van der Waals surface area contributed by atoms with Crippen molar-refractivity contribution >= 4 is 61.6 Å². The normalized spacial score (nSPS) is 16.6. The smallest absolute Gasteiger partial charge is 0.301 e. The van der Waals surface area contributed by atoms with Gasteiger partial charge in [-0.3, -0.25) is 14.5 Å². The van der Waals surface area contributed by atoms with E-state index in [2.05, 4.69) is 26.1 Å². The van der Waals surface area contributed by atoms with E-state index in [9.17, 15) is 24.2 Å². The third-order valence-corrected chi connectivity index (χ3v) is 8.63. The molecule has 0 bridgehead atoms. The molecular formula is C27H19BrFN3O5S2. The van der Waals surface area contributed by atoms with Crippen molar-refractivity contribution in [2.24, 2.45) is 0 Å². The number of halogens is 2. The van der Waals surface area contributed by atoms with E-state index in [1.165, 1.54) is 48.0 Å². The number of aliphatic hydroxyl groups excluding tert-OH is 1. The molecule has 3 aromatic carbocycles. The van der Waals surface area contributed by atoms with Crippen molar-refractivity contribution in [2.45, 2.75) is 16.1 Å². The van der Waals surface area contributed by atoms with Gasteiger partial charge in [-0.25, -0.2) is 4.39 Å². The Morgan fingerprint density at radius 2 is 1.87 bits per heavy atom. The Morgan fingerprint density at radius 1 is 1.13 bits per heavy atom. The van der Waals surface area contributed by atoms with Gasteiger partial charge < -0.3 is 14.9 Å². The molecule has 1 aliphatic rings. The molecule has 1 fully saturated rings. The molecule has 2 N–H and O–H groups in total. The summed E-state index contributed by atoms with van der Waals surface area (Å²) in [6, 6.07) is 16.3. The SMILES string of the molecule is COc1cc(C2/C(=C(/O)c3ccc(Br)cc3)C(=O)C(=O)N2c2nnc(SCc3ccccc3F)s2)ccc1O. The molecule has 5 rings (SSSR count). The number of phenols is 1. The first kappa shape index (κ1) is 26.9. The van der Waals surface area contributed by atoms with E-state index in [0.717, 1.165) is 15.8 Å². The second-order valence-corrected chi connectivity index (χ2v) is 11.4. The van der Waals surface area contributed by atoms with Crippen LogP contribution in [-0.4, -0.2) is 39.2 Å². The zero-order chi connectivity index (χ0) is 27.7. The summed E-state index contributed by atoms with van der Waals surface area (Å²) >= 11 is 5.65. The molecule has 1 aromatic heterocycles. The maximum atomic E-state index is 14.1. The largest absolute Gasteiger partial charge is 0.507 e. The van der Waals surface area contributed by atoms with Crippen molar-refractivity contribution in [3.8, 4) is 11.5 Å². The number of aromatic nitrogens is 2. The average Bonchev–Trinajstić information content (AvgIpc) is 3.50. The van der Waals surface area contributed by atoms with Gasteiger partial charge in [-0.2, -0.15) is 0 Å². The lowest BCUT2D eigenvalue weighted by Crippen LogP contribution is -2.29. The molecule has 8 nitrogen and oxygen atoms in total. The van der Waals surface area contributed by atoms with Crippen LogP contribution >= 0.6 is 39.0 Å². The number of aliphatic hydroxyl groups is 1. The molecular weight excluding hydrogens is 609 g/mol. The summed E-state index contributed by atoms with van der Waals surface area (Å²) in [7, 11) is 1.38. The van der Waals surface area contributed by atoms with Crippen LogP contribution in [0, 0.1) is 5.82 Å². The number of methoxy groups -OCH3 is 1. The Labute approximate surface area is 238 Å². The highest BCUT2D eigenvalue weighted by atomic mass is 79.9. The van der Waals surface area contributed by atoms with E-state index in [1.807, 2.05) is 0 Å². The number of ketones is 1. The van der Waals surface area contributed by atoms with E-state index in [-0.39, 0.29) is 33.8 Å². The minimum atomic E-state index is -1.08. The van der Waals surface area contributed by atoms with Crippen LogP contribution in [0.3, 0.4) is 0 Å². The summed E-state index contributed by atoms with van der Waals surface area (Å²) in [6.45, 7) is 0. The van der Waals surface area contributed by atoms with Crippen LogP contribution in [0.4, 0.5) is 9.52 Å². The summed E-state index contributed by atoms with van der Waals surface area (Å²) in [6.07, 6.45) is 0. The van der Waals surface area contributed by atoms with Gasteiger partial charge in [0.2, 0.25) is 5.13 Å². The summed E-state index contributed by atoms with van der Waals surface area (Å²) in [5.41, 5.74) is 1.08. The molecule has 198 valence electrons. The van der Waals surface area contributed by atoms with Gasteiger partial charge in [-0.15, -0.1) is 10.2 Å². The molecule has 12 heteroatoms. The average molecular weight is 629 g/mol. The van der Waals surface area contributed by atoms with Crippen molar-refractivity contribution in [1.29, 1.82) is 0 Å². The topological polar surface area (TPSA) is 113 Å². The third kappa shape index (κ3) is 5.27. The summed E-state index contributed by atoms with van der Waals surface area (Å²) in [5, 5.41) is 29.8. The van der Waals surface area contributed by atoms with Crippen LogP contribution in [0.5, 0.6) is 11.5 Å². The summed E-state index contributed by atoms with van der Waals surface area (Å²) in [4.78, 5) is 27.9. The zero-order valence-corrected chi connectivity index (χ0v) is 23.4. The number of benzene rings is 3. The molecule has 2 heterocycles. The van der Waals surface area contributed by atoms with Crippen LogP contribution in [0.15, 0.2) is 81.1 Å². The number of hydrogen-bond acceptors (Lipinski definition) is 9. The number of aromatic hydroxyl groups is 1. The molecule has 39 heavy (non-hydrogen) atoms. The number of ether oxygens (including phenoxy) is 1. The van der Waals surface area contributed by atoms with Crippen molar-refractivity contribution < 1.29 is 28.9 Å². The highest BCUT2D eigenvalue weighted by Gasteiger charge is 2.48. The maximum Gasteiger partial charge on any atom is 0.301 e. The van der Waals surface area contributed by atoms with Crippen molar-refractivity contribution in [1.82, 2.24) is 10.2 Å². The number of rotatable bonds is 7. The van der Waals surface area contributed by atoms with E-state index < -0.39 is 17.7 Å². The van der Waals surface area contributed by atoms with E-state index in [0.29, 0.717) is 26.8 Å². The van der Waals surface area contributed by atoms with Crippen molar-refractivity contribution in [3.63, 3.8) is 0 Å². The van der Waals surface area contributed by atoms with Gasteiger partial charge >= 0.3 is 5.91 Å². The molecule has 1 aliphatic heterocycles. The number of hydrogen-bond donors (Lipinski definition) is 2. The van der Waals surface area contributed by atoms with Gasteiger partial charge in [0, 0.05) is 15.8 Å². The molecule has 0 saturated carbocycles. The lowest BCUT2D eigenvalue weighted by atomic mass is 9.95. The van der Waals surface area contributed by atoms with E-state index in [4.69, 9.17) is 4.74 Å². The number of carbonyl (C=O) groups is 2. The van der Waals surface area contributed by atoms with Gasteiger partial charge in [0.1, 0.15) is 11.6 Å². The molecule has 1 saturated heterocycles. The molecule has 1 amide bonds. The van der Waals surface area contributed by atoms with Gasteiger partial charge in [-0.05, 0) is 41.5 Å². The predicted molar refractivity (Wildman–Crippen MR) is 149 cm³/mol. The summed E-state index contributed by atoms with van der Waals surface area (Å²) < 4.78 is 20.5. The first-order chi connectivity index (χ1) is 18.8. The maximum absolute atomic E-state index is 14.1. The lowest BCUT2D eigenvalue weighted by molar-refractivity contribution is -0.132. The lowest BCUT2D eigenvalue weighted by Gasteiger charge is -2.23. The number of carbonyl (C=O) groups excluding carboxylic acids is 2. The van der Waals surface area contributed by atoms with Gasteiger partial charge in [0.25, 0.3) is 5.78 Å². The quantitative estimate of drug-likeness (QED) is 0.0834. The second kappa shape index (κ2) is 11.2. The molecule has 1 atom stereocenters. The standard InChI is InChI=1S/C27H19BrFN3O5S2/c1-37-20-12-15(8-11-19(20)33)22-21(23(34)14-6-9-17(28)10-7-14)24(35)25(36)32(22)26-30-31-27(39-26)38-13-16-4-2-3-5-18(16)29/h2-12,22,33-34H,13H2,1H3/b23-21-. The van der Waals surface area contributed by atoms with Gasteiger partial charge in [0.05, 0.1) is 18.7 Å². The Hall–Kier alpha value is -3.74. The molecule has 4 aromatic rings. The Morgan fingerprint density at radius 3 is 2.59 bits per heavy atom. The number of thioether (sulfide) groups is 1. The van der Waals surface area contributed by atoms with Crippen molar-refractivity contribution in [2.75, 3.05) is 12.0 Å². The van der Waals surface area contributed by atoms with Crippen LogP contribution in [-0.2, 0) is 15.3 Å². The highest BCUT2D eigenvalue weighted by Crippen LogP contribution is 2.45. The van der Waals surface area contributed by atoms with Crippen molar-refractivity contribution in [3.05, 3.63) is 99.3 Å². The number of Topliss-reactive ketones (excluding diaryl/α,β-unsaturated/α-hetero) is 1. The van der Waals surface area contributed by atoms with Crippen LogP contribution in [0.25, 0.3) is 5.76 Å². The van der Waals surface area contributed by atoms with Gasteiger partial charge in [-0.1, -0.05) is 75.4 Å².